The van der Waals surface area contributed by atoms with E-state index in [9.17, 15) is 9.59 Å². The van der Waals surface area contributed by atoms with Gasteiger partial charge in [-0.1, -0.05) is 32.0 Å². The maximum atomic E-state index is 13.5. The quantitative estimate of drug-likeness (QED) is 0.475. The summed E-state index contributed by atoms with van der Waals surface area (Å²) in [4.78, 5) is 36.5. The van der Waals surface area contributed by atoms with Crippen molar-refractivity contribution in [1.29, 1.82) is 0 Å². The van der Waals surface area contributed by atoms with Crippen LogP contribution in [0.25, 0.3) is 22.4 Å². The molecule has 3 aromatic rings. The number of pyridine rings is 1. The number of rotatable bonds is 4. The van der Waals surface area contributed by atoms with Gasteiger partial charge >= 0.3 is 0 Å². The molecule has 2 saturated heterocycles. The van der Waals surface area contributed by atoms with Gasteiger partial charge in [0.1, 0.15) is 0 Å². The molecule has 198 valence electrons. The molecule has 6 rings (SSSR count). The monoisotopic (exact) mass is 531 g/mol. The first-order valence-electron chi connectivity index (χ1n) is 13.4. The summed E-state index contributed by atoms with van der Waals surface area (Å²) in [6, 6.07) is 11.8. The van der Waals surface area contributed by atoms with Crippen LogP contribution in [-0.4, -0.2) is 74.2 Å². The molecule has 0 unspecified atom stereocenters. The minimum absolute atomic E-state index is 0.00497. The maximum absolute atomic E-state index is 13.5. The van der Waals surface area contributed by atoms with Gasteiger partial charge < -0.3 is 19.3 Å². The molecule has 1 aromatic carbocycles. The summed E-state index contributed by atoms with van der Waals surface area (Å²) >= 11 is 1.63. The lowest BCUT2D eigenvalue weighted by Crippen LogP contribution is -2.40. The van der Waals surface area contributed by atoms with Gasteiger partial charge in [-0.2, -0.15) is 0 Å². The minimum atomic E-state index is -0.0881. The Labute approximate surface area is 227 Å². The second-order valence-corrected chi connectivity index (χ2v) is 12.0. The topological polar surface area (TPSA) is 72.0 Å². The molecule has 0 N–H and O–H groups in total. The predicted octanol–water partition coefficient (Wildman–Crippen LogP) is 4.94. The van der Waals surface area contributed by atoms with Crippen LogP contribution >= 0.6 is 11.3 Å². The van der Waals surface area contributed by atoms with E-state index in [1.807, 2.05) is 41.4 Å². The first-order valence-corrected chi connectivity index (χ1v) is 14.2. The number of ketones is 1. The molecule has 0 bridgehead atoms. The van der Waals surface area contributed by atoms with Crippen molar-refractivity contribution >= 4 is 28.0 Å². The van der Waals surface area contributed by atoms with E-state index >= 15 is 0 Å². The van der Waals surface area contributed by atoms with Crippen LogP contribution in [0, 0.1) is 5.41 Å². The molecule has 0 spiro atoms. The lowest BCUT2D eigenvalue weighted by molar-refractivity contribution is 0.0303. The van der Waals surface area contributed by atoms with Crippen LogP contribution in [0.3, 0.4) is 0 Å². The van der Waals surface area contributed by atoms with Crippen molar-refractivity contribution in [2.75, 3.05) is 57.5 Å². The smallest absolute Gasteiger partial charge is 0.254 e. The highest BCUT2D eigenvalue weighted by Gasteiger charge is 2.37. The average Bonchev–Trinajstić information content (AvgIpc) is 3.32. The first kappa shape index (κ1) is 25.2. The Hall–Kier alpha value is -3.07. The number of hydrogen-bond donors (Lipinski definition) is 0. The Bertz CT molecular complexity index is 1370. The number of benzene rings is 1. The summed E-state index contributed by atoms with van der Waals surface area (Å²) < 4.78 is 11.1. The maximum Gasteiger partial charge on any atom is 0.254 e. The molecular weight excluding hydrogens is 498 g/mol. The molecule has 4 heterocycles. The Morgan fingerprint density at radius 1 is 0.974 bits per heavy atom. The lowest BCUT2D eigenvalue weighted by atomic mass is 9.75. The zero-order chi connectivity index (χ0) is 26.3. The second kappa shape index (κ2) is 10.2. The fraction of sp³-hybridized carbons (Fsp3) is 0.433. The number of fused-ring (bicyclic) bond motifs is 1. The Balaban J connectivity index is 1.45. The number of Topliss-reactive ketones (excluding diaryl/α,β-unsaturated/α-hetero) is 1. The van der Waals surface area contributed by atoms with Crippen LogP contribution < -0.4 is 4.90 Å². The van der Waals surface area contributed by atoms with Gasteiger partial charge in [0.15, 0.2) is 5.78 Å². The van der Waals surface area contributed by atoms with Crippen LogP contribution in [0.4, 0.5) is 5.00 Å². The number of aromatic nitrogens is 1. The summed E-state index contributed by atoms with van der Waals surface area (Å²) in [5.74, 6) is 0.239. The highest BCUT2D eigenvalue weighted by Crippen LogP contribution is 2.49. The largest absolute Gasteiger partial charge is 0.378 e. The summed E-state index contributed by atoms with van der Waals surface area (Å²) in [5, 5.41) is 1.14. The van der Waals surface area contributed by atoms with E-state index in [-0.39, 0.29) is 17.1 Å². The van der Waals surface area contributed by atoms with Gasteiger partial charge in [-0.05, 0) is 41.2 Å². The van der Waals surface area contributed by atoms with Crippen molar-refractivity contribution in [3.8, 4) is 22.4 Å². The molecule has 0 atom stereocenters. The minimum Gasteiger partial charge on any atom is -0.378 e. The fourth-order valence-corrected chi connectivity index (χ4v) is 7.08. The van der Waals surface area contributed by atoms with E-state index in [1.165, 1.54) is 0 Å². The number of morpholine rings is 2. The highest BCUT2D eigenvalue weighted by molar-refractivity contribution is 7.19. The molecule has 2 aromatic heterocycles. The zero-order valence-corrected chi connectivity index (χ0v) is 22.8. The van der Waals surface area contributed by atoms with E-state index < -0.39 is 0 Å². The van der Waals surface area contributed by atoms with Crippen LogP contribution in [0.1, 0.15) is 45.9 Å². The van der Waals surface area contributed by atoms with E-state index in [0.29, 0.717) is 51.5 Å². The predicted molar refractivity (Wildman–Crippen MR) is 149 cm³/mol. The van der Waals surface area contributed by atoms with Crippen LogP contribution in [0.5, 0.6) is 0 Å². The van der Waals surface area contributed by atoms with Gasteiger partial charge in [0.2, 0.25) is 0 Å². The van der Waals surface area contributed by atoms with Crippen LogP contribution in [0.2, 0.25) is 0 Å². The van der Waals surface area contributed by atoms with Gasteiger partial charge in [-0.3, -0.25) is 14.6 Å². The third-order valence-electron chi connectivity index (χ3n) is 7.61. The SMILES string of the molecule is CC1(C)CC(=O)c2sc(N3CCOCC3)c(-c3ccnc(-c4ccccc4C(=O)N4CCOCC4)c3)c2C1. The molecule has 0 saturated carbocycles. The summed E-state index contributed by atoms with van der Waals surface area (Å²) in [5.41, 5.74) is 5.45. The van der Waals surface area contributed by atoms with Crippen molar-refractivity contribution in [1.82, 2.24) is 9.88 Å². The van der Waals surface area contributed by atoms with Gasteiger partial charge in [0.25, 0.3) is 5.91 Å². The number of ether oxygens (including phenoxy) is 2. The molecule has 1 amide bonds. The molecule has 2 fully saturated rings. The van der Waals surface area contributed by atoms with E-state index in [2.05, 4.69) is 24.8 Å². The number of amides is 1. The van der Waals surface area contributed by atoms with Crippen molar-refractivity contribution in [3.05, 3.63) is 58.6 Å². The third kappa shape index (κ3) is 4.77. The Morgan fingerprint density at radius 2 is 1.68 bits per heavy atom. The number of thiophene rings is 1. The van der Waals surface area contributed by atoms with E-state index in [0.717, 1.165) is 57.3 Å². The fourth-order valence-electron chi connectivity index (χ4n) is 5.75. The van der Waals surface area contributed by atoms with Crippen molar-refractivity contribution in [3.63, 3.8) is 0 Å². The van der Waals surface area contributed by atoms with Gasteiger partial charge in [-0.15, -0.1) is 11.3 Å². The summed E-state index contributed by atoms with van der Waals surface area (Å²) in [6.45, 7) is 9.62. The summed E-state index contributed by atoms with van der Waals surface area (Å²) in [7, 11) is 0. The van der Waals surface area contributed by atoms with Crippen molar-refractivity contribution in [2.24, 2.45) is 5.41 Å². The molecule has 7 nitrogen and oxygen atoms in total. The molecule has 3 aliphatic rings. The van der Waals surface area contributed by atoms with Crippen molar-refractivity contribution < 1.29 is 19.1 Å². The molecule has 0 radical (unpaired) electrons. The van der Waals surface area contributed by atoms with Gasteiger partial charge in [0, 0.05) is 55.5 Å². The normalized spacial score (nSPS) is 19.4. The standard InChI is InChI=1S/C30H33N3O4S/c1-30(2)18-23-26(29(33-11-15-37-16-12-33)38-27(23)25(34)19-30)20-7-8-31-24(17-20)21-5-3-4-6-22(21)28(35)32-9-13-36-14-10-32/h3-8,17H,9-16,18-19H2,1-2H3. The first-order chi connectivity index (χ1) is 18.4. The van der Waals surface area contributed by atoms with Crippen molar-refractivity contribution in [2.45, 2.75) is 26.7 Å². The molecule has 2 aliphatic heterocycles. The number of anilines is 1. The molecule has 38 heavy (non-hydrogen) atoms. The van der Waals surface area contributed by atoms with Crippen LogP contribution in [-0.2, 0) is 15.9 Å². The number of carbonyl (C=O) groups is 2. The third-order valence-corrected chi connectivity index (χ3v) is 8.95. The highest BCUT2D eigenvalue weighted by atomic mass is 32.1. The summed E-state index contributed by atoms with van der Waals surface area (Å²) in [6.07, 6.45) is 3.25. The number of nitrogens with zero attached hydrogens (tertiary/aromatic N) is 3. The Morgan fingerprint density at radius 3 is 2.45 bits per heavy atom. The van der Waals surface area contributed by atoms with Gasteiger partial charge in [-0.25, -0.2) is 0 Å². The molecular formula is C30H33N3O4S. The number of carbonyl (C=O) groups excluding carboxylic acids is 2. The van der Waals surface area contributed by atoms with E-state index in [1.54, 1.807) is 11.3 Å². The van der Waals surface area contributed by atoms with Gasteiger partial charge in [0.05, 0.1) is 42.0 Å². The average molecular weight is 532 g/mol. The number of hydrogen-bond acceptors (Lipinski definition) is 7. The van der Waals surface area contributed by atoms with E-state index in [4.69, 9.17) is 14.5 Å². The van der Waals surface area contributed by atoms with Crippen LogP contribution in [0.15, 0.2) is 42.6 Å². The molecule has 1 aliphatic carbocycles. The Kier molecular flexibility index (Phi) is 6.80. The molecule has 8 heteroatoms. The lowest BCUT2D eigenvalue weighted by Gasteiger charge is -2.30. The second-order valence-electron chi connectivity index (χ2n) is 11.0. The zero-order valence-electron chi connectivity index (χ0n) is 22.0.